The van der Waals surface area contributed by atoms with Gasteiger partial charge in [-0.2, -0.15) is 14.3 Å². The van der Waals surface area contributed by atoms with Gasteiger partial charge >= 0.3 is 5.69 Å². The molecule has 2 N–H and O–H groups in total. The van der Waals surface area contributed by atoms with Gasteiger partial charge in [-0.3, -0.25) is 4.79 Å². The van der Waals surface area contributed by atoms with E-state index in [0.717, 1.165) is 42.1 Å². The van der Waals surface area contributed by atoms with Crippen molar-refractivity contribution >= 4 is 17.7 Å². The molecule has 0 spiro atoms. The predicted molar refractivity (Wildman–Crippen MR) is 150 cm³/mol. The van der Waals surface area contributed by atoms with E-state index < -0.39 is 22.9 Å². The van der Waals surface area contributed by atoms with Gasteiger partial charge in [0.15, 0.2) is 11.6 Å². The van der Waals surface area contributed by atoms with Gasteiger partial charge in [0.25, 0.3) is 0 Å². The molecule has 0 unspecified atom stereocenters. The maximum atomic E-state index is 15.1. The third-order valence-corrected chi connectivity index (χ3v) is 8.41. The monoisotopic (exact) mass is 569 g/mol. The van der Waals surface area contributed by atoms with Crippen molar-refractivity contribution < 1.29 is 13.6 Å². The SMILES string of the molecule is CC[C@]1(C)CCC(=O)N1C(C)(C)CCNc1nc(NCc2cc(-n3nnn(C)c3=O)c(C3CC3)cc2F)ncc1F. The Hall–Kier alpha value is -3.90. The summed E-state index contributed by atoms with van der Waals surface area (Å²) in [6.45, 7) is 8.66. The number of rotatable bonds is 11. The van der Waals surface area contributed by atoms with Gasteiger partial charge in [-0.1, -0.05) is 6.92 Å². The molecule has 3 aromatic rings. The molecule has 1 saturated heterocycles. The number of aromatic nitrogens is 6. The zero-order valence-electron chi connectivity index (χ0n) is 24.2. The molecule has 2 aromatic heterocycles. The summed E-state index contributed by atoms with van der Waals surface area (Å²) in [5.74, 6) is -0.602. The molecule has 1 aliphatic carbocycles. The zero-order valence-corrected chi connectivity index (χ0v) is 24.2. The number of carbonyl (C=O) groups excluding carboxylic acids is 1. The zero-order chi connectivity index (χ0) is 29.5. The van der Waals surface area contributed by atoms with Gasteiger partial charge < -0.3 is 15.5 Å². The Labute approximate surface area is 237 Å². The van der Waals surface area contributed by atoms with Crippen molar-refractivity contribution in [3.63, 3.8) is 0 Å². The van der Waals surface area contributed by atoms with Crippen LogP contribution in [0.1, 0.15) is 83.3 Å². The number of carbonyl (C=O) groups is 1. The molecule has 2 fully saturated rings. The van der Waals surface area contributed by atoms with Crippen LogP contribution < -0.4 is 16.3 Å². The number of likely N-dealkylation sites (tertiary alicyclic amines) is 1. The van der Waals surface area contributed by atoms with Crippen LogP contribution >= 0.6 is 0 Å². The smallest absolute Gasteiger partial charge is 0.367 e. The first-order valence-corrected chi connectivity index (χ1v) is 14.1. The molecule has 1 atom stereocenters. The molecule has 1 saturated carbocycles. The maximum Gasteiger partial charge on any atom is 0.368 e. The minimum Gasteiger partial charge on any atom is -0.367 e. The van der Waals surface area contributed by atoms with Crippen molar-refractivity contribution in [2.45, 2.75) is 89.8 Å². The summed E-state index contributed by atoms with van der Waals surface area (Å²) < 4.78 is 32.0. The molecule has 3 heterocycles. The lowest BCUT2D eigenvalue weighted by Crippen LogP contribution is -2.55. The van der Waals surface area contributed by atoms with Crippen LogP contribution in [0.15, 0.2) is 23.1 Å². The van der Waals surface area contributed by atoms with Crippen LogP contribution in [-0.4, -0.2) is 58.2 Å². The van der Waals surface area contributed by atoms with Gasteiger partial charge in [-0.05, 0) is 86.9 Å². The van der Waals surface area contributed by atoms with Crippen LogP contribution in [0.4, 0.5) is 20.5 Å². The Balaban J connectivity index is 1.28. The highest BCUT2D eigenvalue weighted by Gasteiger charge is 2.47. The van der Waals surface area contributed by atoms with E-state index in [0.29, 0.717) is 25.1 Å². The minimum absolute atomic E-state index is 0.00354. The van der Waals surface area contributed by atoms with Gasteiger partial charge in [0, 0.05) is 43.2 Å². The number of hydrogen-bond donors (Lipinski definition) is 2. The Bertz CT molecular complexity index is 1510. The summed E-state index contributed by atoms with van der Waals surface area (Å²) in [6, 6.07) is 3.03. The Morgan fingerprint density at radius 2 is 1.88 bits per heavy atom. The standard InChI is InChI=1S/C28H37F2N9O2/c1-6-28(4)10-9-23(40)39(28)27(2,3)11-12-31-24-21(30)16-33-25(34-24)32-15-18-13-22(38-26(41)37(5)35-36-38)19(14-20(18)29)17-7-8-17/h13-14,16-17H,6-12,15H2,1-5H3,(H2,31,32,33,34)/t28-/m1/s1. The number of amides is 1. The molecular formula is C28H37F2N9O2. The van der Waals surface area contributed by atoms with Crippen molar-refractivity contribution in [1.29, 1.82) is 0 Å². The Morgan fingerprint density at radius 3 is 2.54 bits per heavy atom. The lowest BCUT2D eigenvalue weighted by Gasteiger charge is -2.46. The first-order valence-electron chi connectivity index (χ1n) is 14.1. The number of aryl methyl sites for hydroxylation is 1. The summed E-state index contributed by atoms with van der Waals surface area (Å²) in [4.78, 5) is 35.4. The van der Waals surface area contributed by atoms with E-state index in [4.69, 9.17) is 0 Å². The Morgan fingerprint density at radius 1 is 1.12 bits per heavy atom. The van der Waals surface area contributed by atoms with E-state index in [1.807, 2.05) is 18.7 Å². The molecule has 11 nitrogen and oxygen atoms in total. The quantitative estimate of drug-likeness (QED) is 0.357. The lowest BCUT2D eigenvalue weighted by atomic mass is 9.88. The molecule has 2 aliphatic rings. The summed E-state index contributed by atoms with van der Waals surface area (Å²) in [6.07, 6.45) is 5.71. The van der Waals surface area contributed by atoms with Gasteiger partial charge in [-0.25, -0.2) is 18.6 Å². The number of nitrogens with one attached hydrogen (secondary N) is 2. The average molecular weight is 570 g/mol. The minimum atomic E-state index is -0.617. The van der Waals surface area contributed by atoms with Crippen LogP contribution in [-0.2, 0) is 18.4 Å². The van der Waals surface area contributed by atoms with E-state index in [1.54, 1.807) is 6.07 Å². The molecule has 1 aromatic carbocycles. The summed E-state index contributed by atoms with van der Waals surface area (Å²) in [5, 5.41) is 13.7. The number of nitrogens with zero attached hydrogens (tertiary/aromatic N) is 7. The molecule has 41 heavy (non-hydrogen) atoms. The second-order valence-corrected chi connectivity index (χ2v) is 11.9. The molecule has 5 rings (SSSR count). The summed E-state index contributed by atoms with van der Waals surface area (Å²) in [7, 11) is 1.50. The molecule has 220 valence electrons. The van der Waals surface area contributed by atoms with Crippen molar-refractivity contribution in [2.24, 2.45) is 7.05 Å². The summed E-state index contributed by atoms with van der Waals surface area (Å²) >= 11 is 0. The van der Waals surface area contributed by atoms with Crippen LogP contribution in [0, 0.1) is 11.6 Å². The van der Waals surface area contributed by atoms with Crippen LogP contribution in [0.2, 0.25) is 0 Å². The summed E-state index contributed by atoms with van der Waals surface area (Å²) in [5.41, 5.74) is 0.445. The molecule has 1 aliphatic heterocycles. The second kappa shape index (κ2) is 10.8. The predicted octanol–water partition coefficient (Wildman–Crippen LogP) is 3.90. The molecule has 13 heteroatoms. The van der Waals surface area contributed by atoms with Gasteiger partial charge in [0.2, 0.25) is 11.9 Å². The number of benzene rings is 1. The van der Waals surface area contributed by atoms with E-state index in [1.165, 1.54) is 17.8 Å². The van der Waals surface area contributed by atoms with Crippen molar-refractivity contribution in [3.05, 3.63) is 51.6 Å². The van der Waals surface area contributed by atoms with Gasteiger partial charge in [-0.15, -0.1) is 0 Å². The number of anilines is 2. The third-order valence-electron chi connectivity index (χ3n) is 8.41. The van der Waals surface area contributed by atoms with E-state index >= 15 is 4.39 Å². The fourth-order valence-electron chi connectivity index (χ4n) is 5.78. The number of tetrazole rings is 1. The molecular weight excluding hydrogens is 532 g/mol. The van der Waals surface area contributed by atoms with Crippen LogP contribution in [0.25, 0.3) is 5.69 Å². The Kier molecular flexibility index (Phi) is 7.56. The fraction of sp³-hybridized carbons (Fsp3) is 0.571. The van der Waals surface area contributed by atoms with E-state index in [2.05, 4.69) is 44.9 Å². The van der Waals surface area contributed by atoms with Crippen LogP contribution in [0.3, 0.4) is 0 Å². The van der Waals surface area contributed by atoms with Gasteiger partial charge in [0.05, 0.1) is 11.9 Å². The number of halogens is 2. The first kappa shape index (κ1) is 28.6. The average Bonchev–Trinajstić information content (AvgIpc) is 3.66. The normalized spacial score (nSPS) is 19.2. The van der Waals surface area contributed by atoms with Gasteiger partial charge in [0.1, 0.15) is 5.82 Å². The van der Waals surface area contributed by atoms with Crippen molar-refractivity contribution in [2.75, 3.05) is 17.2 Å². The lowest BCUT2D eigenvalue weighted by molar-refractivity contribution is -0.137. The number of hydrogen-bond acceptors (Lipinski definition) is 8. The highest BCUT2D eigenvalue weighted by Crippen LogP contribution is 2.43. The van der Waals surface area contributed by atoms with Crippen molar-refractivity contribution in [3.8, 4) is 5.69 Å². The third kappa shape index (κ3) is 5.66. The highest BCUT2D eigenvalue weighted by molar-refractivity contribution is 5.80. The first-order chi connectivity index (χ1) is 19.4. The van der Waals surface area contributed by atoms with E-state index in [9.17, 15) is 14.0 Å². The topological polar surface area (TPSA) is 123 Å². The fourth-order valence-corrected chi connectivity index (χ4v) is 5.78. The van der Waals surface area contributed by atoms with Crippen LogP contribution in [0.5, 0.6) is 0 Å². The molecule has 0 bridgehead atoms. The maximum absolute atomic E-state index is 15.1. The molecule has 1 amide bonds. The highest BCUT2D eigenvalue weighted by atomic mass is 19.1. The molecule has 0 radical (unpaired) electrons. The van der Waals surface area contributed by atoms with E-state index in [-0.39, 0.29) is 41.2 Å². The van der Waals surface area contributed by atoms with Crippen molar-refractivity contribution in [1.82, 2.24) is 34.7 Å². The largest absolute Gasteiger partial charge is 0.368 e. The second-order valence-electron chi connectivity index (χ2n) is 11.9.